The van der Waals surface area contributed by atoms with Crippen molar-refractivity contribution < 1.29 is 0 Å². The molecule has 3 aromatic rings. The maximum absolute atomic E-state index is 8.89. The molecule has 0 saturated carbocycles. The fraction of sp³-hybridized carbons (Fsp3) is 0. The number of benzene rings is 2. The summed E-state index contributed by atoms with van der Waals surface area (Å²) in [5.74, 6) is -0.0532. The van der Waals surface area contributed by atoms with Crippen molar-refractivity contribution >= 4 is 23.4 Å². The maximum Gasteiger partial charge on any atom is 0.217 e. The topological polar surface area (TPSA) is 123 Å². The summed E-state index contributed by atoms with van der Waals surface area (Å²) in [6.45, 7) is 0. The van der Waals surface area contributed by atoms with E-state index in [1.165, 1.54) is 0 Å². The number of hydrogen-bond acceptors (Lipinski definition) is 4. The van der Waals surface area contributed by atoms with Gasteiger partial charge in [-0.3, -0.25) is 0 Å². The van der Waals surface area contributed by atoms with Gasteiger partial charge in [-0.05, 0) is 39.0 Å². The van der Waals surface area contributed by atoms with Crippen LogP contribution in [0.2, 0.25) is 5.02 Å². The van der Waals surface area contributed by atoms with Gasteiger partial charge in [-0.25, -0.2) is 9.97 Å². The van der Waals surface area contributed by atoms with Gasteiger partial charge in [0.05, 0.1) is 5.69 Å². The van der Waals surface area contributed by atoms with Crippen molar-refractivity contribution in [3.05, 3.63) is 80.5 Å². The smallest absolute Gasteiger partial charge is 0.217 e. The summed E-state index contributed by atoms with van der Waals surface area (Å²) in [4.78, 5) is 13.9. The zero-order valence-corrected chi connectivity index (χ0v) is 13.4. The molecule has 0 atom stereocenters. The van der Waals surface area contributed by atoms with Gasteiger partial charge in [0.15, 0.2) is 0 Å². The molecule has 3 rings (SSSR count). The molecular formula is C16H9ClN8. The lowest BCUT2D eigenvalue weighted by atomic mass is 10.00. The number of nitrogens with zero attached hydrogens (tertiary/aromatic N) is 8. The van der Waals surface area contributed by atoms with Crippen LogP contribution in [0.25, 0.3) is 43.3 Å². The Morgan fingerprint density at radius 1 is 0.800 bits per heavy atom. The van der Waals surface area contributed by atoms with Crippen LogP contribution in [0, 0.1) is 0 Å². The molecule has 120 valence electrons. The lowest BCUT2D eigenvalue weighted by molar-refractivity contribution is 1.12. The monoisotopic (exact) mass is 348 g/mol. The van der Waals surface area contributed by atoms with Gasteiger partial charge < -0.3 is 0 Å². The minimum absolute atomic E-state index is 0.0704. The largest absolute Gasteiger partial charge is 0.226 e. The molecule has 25 heavy (non-hydrogen) atoms. The third-order valence-corrected chi connectivity index (χ3v) is 3.58. The molecule has 0 fully saturated rings. The van der Waals surface area contributed by atoms with Gasteiger partial charge in [0.2, 0.25) is 5.95 Å². The van der Waals surface area contributed by atoms with Crippen LogP contribution in [-0.2, 0) is 0 Å². The molecule has 0 aliphatic rings. The summed E-state index contributed by atoms with van der Waals surface area (Å²) in [7, 11) is 0. The van der Waals surface area contributed by atoms with E-state index in [9.17, 15) is 0 Å². The molecule has 1 aromatic heterocycles. The summed E-state index contributed by atoms with van der Waals surface area (Å²) in [5, 5.41) is 7.66. The first-order chi connectivity index (χ1) is 12.2. The quantitative estimate of drug-likeness (QED) is 0.309. The summed E-state index contributed by atoms with van der Waals surface area (Å²) in [6, 6.07) is 16.2. The Morgan fingerprint density at radius 2 is 1.48 bits per heavy atom. The van der Waals surface area contributed by atoms with Crippen LogP contribution in [0.3, 0.4) is 0 Å². The molecule has 1 heterocycles. The van der Waals surface area contributed by atoms with E-state index in [-0.39, 0.29) is 11.8 Å². The molecule has 0 radical (unpaired) electrons. The van der Waals surface area contributed by atoms with E-state index in [4.69, 9.17) is 22.7 Å². The van der Waals surface area contributed by atoms with E-state index in [2.05, 4.69) is 30.0 Å². The second-order valence-electron chi connectivity index (χ2n) is 4.82. The third kappa shape index (κ3) is 3.52. The fourth-order valence-electron chi connectivity index (χ4n) is 2.32. The molecule has 0 amide bonds. The summed E-state index contributed by atoms with van der Waals surface area (Å²) >= 11 is 5.95. The van der Waals surface area contributed by atoms with Crippen LogP contribution in [0.15, 0.2) is 64.8 Å². The van der Waals surface area contributed by atoms with Crippen LogP contribution in [0.1, 0.15) is 0 Å². The van der Waals surface area contributed by atoms with E-state index >= 15 is 0 Å². The Hall–Kier alpha value is -3.57. The second-order valence-corrected chi connectivity index (χ2v) is 5.26. The van der Waals surface area contributed by atoms with Crippen LogP contribution < -0.4 is 0 Å². The van der Waals surface area contributed by atoms with Crippen molar-refractivity contribution in [2.24, 2.45) is 10.2 Å². The van der Waals surface area contributed by atoms with Gasteiger partial charge in [0.1, 0.15) is 5.82 Å². The molecule has 0 saturated heterocycles. The van der Waals surface area contributed by atoms with Crippen LogP contribution in [0.5, 0.6) is 0 Å². The SMILES string of the molecule is [N-]=[N+]=Nc1nc(N=[N+]=[N-])c(-c2ccc(Cl)cc2)c(-c2ccccc2)n1. The van der Waals surface area contributed by atoms with Crippen LogP contribution in [-0.4, -0.2) is 9.97 Å². The highest BCUT2D eigenvalue weighted by Gasteiger charge is 2.16. The fourth-order valence-corrected chi connectivity index (χ4v) is 2.45. The molecule has 0 unspecified atom stereocenters. The van der Waals surface area contributed by atoms with E-state index < -0.39 is 0 Å². The summed E-state index contributed by atoms with van der Waals surface area (Å²) < 4.78 is 0. The normalized spacial score (nSPS) is 9.80. The van der Waals surface area contributed by atoms with Gasteiger partial charge in [-0.15, -0.1) is 0 Å². The average molecular weight is 349 g/mol. The van der Waals surface area contributed by atoms with E-state index in [1.807, 2.05) is 30.3 Å². The van der Waals surface area contributed by atoms with Gasteiger partial charge in [0, 0.05) is 26.0 Å². The summed E-state index contributed by atoms with van der Waals surface area (Å²) in [5.41, 5.74) is 20.1. The number of rotatable bonds is 4. The van der Waals surface area contributed by atoms with Crippen molar-refractivity contribution in [2.45, 2.75) is 0 Å². The molecule has 0 bridgehead atoms. The van der Waals surface area contributed by atoms with Gasteiger partial charge in [-0.2, -0.15) is 0 Å². The highest BCUT2D eigenvalue weighted by molar-refractivity contribution is 6.30. The lowest BCUT2D eigenvalue weighted by Crippen LogP contribution is -1.93. The highest BCUT2D eigenvalue weighted by atomic mass is 35.5. The van der Waals surface area contributed by atoms with Gasteiger partial charge >= 0.3 is 0 Å². The minimum atomic E-state index is -0.124. The van der Waals surface area contributed by atoms with Gasteiger partial charge in [0.25, 0.3) is 0 Å². The van der Waals surface area contributed by atoms with Crippen LogP contribution in [0.4, 0.5) is 11.8 Å². The van der Waals surface area contributed by atoms with E-state index in [1.54, 1.807) is 24.3 Å². The standard InChI is InChI=1S/C16H9ClN8/c17-12-8-6-10(7-9-12)13-14(11-4-2-1-3-5-11)20-16(23-25-19)21-15(13)22-24-18/h1-9H. The minimum Gasteiger partial charge on any atom is -0.226 e. The Labute approximate surface area is 147 Å². The molecule has 2 aromatic carbocycles. The molecule has 0 aliphatic heterocycles. The molecule has 0 aliphatic carbocycles. The number of azide groups is 2. The predicted molar refractivity (Wildman–Crippen MR) is 95.5 cm³/mol. The Balaban J connectivity index is 2.38. The number of hydrogen-bond donors (Lipinski definition) is 0. The third-order valence-electron chi connectivity index (χ3n) is 3.33. The molecular weight excluding hydrogens is 340 g/mol. The van der Waals surface area contributed by atoms with E-state index in [0.29, 0.717) is 16.3 Å². The van der Waals surface area contributed by atoms with E-state index in [0.717, 1.165) is 11.1 Å². The van der Waals surface area contributed by atoms with Crippen molar-refractivity contribution in [1.29, 1.82) is 0 Å². The van der Waals surface area contributed by atoms with Crippen molar-refractivity contribution in [1.82, 2.24) is 9.97 Å². The molecule has 8 nitrogen and oxygen atoms in total. The lowest BCUT2D eigenvalue weighted by Gasteiger charge is -2.12. The van der Waals surface area contributed by atoms with Crippen LogP contribution >= 0.6 is 11.6 Å². The highest BCUT2D eigenvalue weighted by Crippen LogP contribution is 2.38. The van der Waals surface area contributed by atoms with Crippen molar-refractivity contribution in [2.75, 3.05) is 0 Å². The Morgan fingerprint density at radius 3 is 2.12 bits per heavy atom. The first-order valence-electron chi connectivity index (χ1n) is 7.06. The summed E-state index contributed by atoms with van der Waals surface area (Å²) in [6.07, 6.45) is 0. The zero-order chi connectivity index (χ0) is 17.6. The molecule has 0 spiro atoms. The van der Waals surface area contributed by atoms with Crippen molar-refractivity contribution in [3.8, 4) is 22.4 Å². The van der Waals surface area contributed by atoms with Gasteiger partial charge in [-0.1, -0.05) is 54.1 Å². The average Bonchev–Trinajstić information content (AvgIpc) is 2.64. The Kier molecular flexibility index (Phi) is 4.78. The number of aromatic nitrogens is 2. The number of halogens is 1. The molecule has 9 heteroatoms. The first kappa shape index (κ1) is 16.3. The molecule has 0 N–H and O–H groups in total. The van der Waals surface area contributed by atoms with Crippen molar-refractivity contribution in [3.63, 3.8) is 0 Å². The zero-order valence-electron chi connectivity index (χ0n) is 12.7. The second kappa shape index (κ2) is 7.33. The predicted octanol–water partition coefficient (Wildman–Crippen LogP) is 6.35. The Bertz CT molecular complexity index is 1000. The maximum atomic E-state index is 8.89. The first-order valence-corrected chi connectivity index (χ1v) is 7.44.